The summed E-state index contributed by atoms with van der Waals surface area (Å²) >= 11 is 0. The highest BCUT2D eigenvalue weighted by atomic mass is 14.9. The van der Waals surface area contributed by atoms with Gasteiger partial charge < -0.3 is 5.32 Å². The number of hydrogen-bond donors (Lipinski definition) is 1. The second-order valence-corrected chi connectivity index (χ2v) is 5.52. The zero-order valence-corrected chi connectivity index (χ0v) is 13.3. The van der Waals surface area contributed by atoms with Gasteiger partial charge in [0.2, 0.25) is 0 Å². The van der Waals surface area contributed by atoms with Gasteiger partial charge in [-0.25, -0.2) is 0 Å². The summed E-state index contributed by atoms with van der Waals surface area (Å²) in [4.78, 5) is 0. The maximum absolute atomic E-state index is 3.79. The number of unbranched alkanes of at least 4 members (excludes halogenated alkanes) is 3. The summed E-state index contributed by atoms with van der Waals surface area (Å²) in [5, 5.41) is 3.70. The van der Waals surface area contributed by atoms with Crippen LogP contribution in [0.1, 0.15) is 63.9 Å². The SMILES string of the molecule is C=CCCCCCC(NCC)C(CC)c1ccccc1. The topological polar surface area (TPSA) is 12.0 Å². The molecule has 0 aliphatic carbocycles. The van der Waals surface area contributed by atoms with Crippen molar-refractivity contribution in [1.82, 2.24) is 5.32 Å². The van der Waals surface area contributed by atoms with Gasteiger partial charge in [-0.15, -0.1) is 6.58 Å². The molecular formula is C19H31N. The van der Waals surface area contributed by atoms with Gasteiger partial charge in [0.05, 0.1) is 0 Å². The fourth-order valence-electron chi connectivity index (χ4n) is 2.99. The molecule has 0 saturated heterocycles. The number of allylic oxidation sites excluding steroid dienone is 1. The molecule has 1 heteroatoms. The Hall–Kier alpha value is -1.08. The van der Waals surface area contributed by atoms with E-state index in [1.54, 1.807) is 0 Å². The highest BCUT2D eigenvalue weighted by Crippen LogP contribution is 2.26. The Labute approximate surface area is 125 Å². The first-order valence-corrected chi connectivity index (χ1v) is 8.22. The van der Waals surface area contributed by atoms with E-state index < -0.39 is 0 Å². The van der Waals surface area contributed by atoms with Crippen LogP contribution in [0.2, 0.25) is 0 Å². The summed E-state index contributed by atoms with van der Waals surface area (Å²) in [6, 6.07) is 11.6. The van der Waals surface area contributed by atoms with Crippen molar-refractivity contribution in [1.29, 1.82) is 0 Å². The van der Waals surface area contributed by atoms with Crippen LogP contribution in [0.4, 0.5) is 0 Å². The Morgan fingerprint density at radius 2 is 1.85 bits per heavy atom. The summed E-state index contributed by atoms with van der Waals surface area (Å²) < 4.78 is 0. The molecule has 2 atom stereocenters. The van der Waals surface area contributed by atoms with E-state index in [4.69, 9.17) is 0 Å². The minimum atomic E-state index is 0.608. The van der Waals surface area contributed by atoms with Gasteiger partial charge in [-0.2, -0.15) is 0 Å². The fourth-order valence-corrected chi connectivity index (χ4v) is 2.99. The minimum absolute atomic E-state index is 0.608. The smallest absolute Gasteiger partial charge is 0.0136 e. The van der Waals surface area contributed by atoms with E-state index in [9.17, 15) is 0 Å². The molecule has 0 aliphatic heterocycles. The summed E-state index contributed by atoms with van der Waals surface area (Å²) in [5.74, 6) is 0.635. The Morgan fingerprint density at radius 3 is 2.45 bits per heavy atom. The third-order valence-electron chi connectivity index (χ3n) is 4.04. The quantitative estimate of drug-likeness (QED) is 0.426. The van der Waals surface area contributed by atoms with Crippen LogP contribution >= 0.6 is 0 Å². The molecule has 0 radical (unpaired) electrons. The van der Waals surface area contributed by atoms with Crippen molar-refractivity contribution in [3.63, 3.8) is 0 Å². The highest BCUT2D eigenvalue weighted by molar-refractivity contribution is 5.21. The van der Waals surface area contributed by atoms with E-state index in [0.29, 0.717) is 12.0 Å². The first-order valence-electron chi connectivity index (χ1n) is 8.22. The summed E-state index contributed by atoms with van der Waals surface area (Å²) in [6.45, 7) is 9.36. The standard InChI is InChI=1S/C19H31N/c1-4-7-8-9-13-16-19(20-6-3)18(5-2)17-14-11-10-12-15-17/h4,10-12,14-15,18-20H,1,5-9,13,16H2,2-3H3. The third kappa shape index (κ3) is 5.92. The lowest BCUT2D eigenvalue weighted by Gasteiger charge is -2.27. The predicted molar refractivity (Wildman–Crippen MR) is 90.2 cm³/mol. The van der Waals surface area contributed by atoms with Gasteiger partial charge in [0.15, 0.2) is 0 Å². The molecule has 2 unspecified atom stereocenters. The van der Waals surface area contributed by atoms with Gasteiger partial charge in [0, 0.05) is 6.04 Å². The van der Waals surface area contributed by atoms with Gasteiger partial charge in [0.25, 0.3) is 0 Å². The van der Waals surface area contributed by atoms with Crippen molar-refractivity contribution in [2.75, 3.05) is 6.54 Å². The molecular weight excluding hydrogens is 242 g/mol. The largest absolute Gasteiger partial charge is 0.314 e. The van der Waals surface area contributed by atoms with Crippen LogP contribution in [0.15, 0.2) is 43.0 Å². The fraction of sp³-hybridized carbons (Fsp3) is 0.579. The van der Waals surface area contributed by atoms with Crippen LogP contribution < -0.4 is 5.32 Å². The summed E-state index contributed by atoms with van der Waals surface area (Å²) in [5.41, 5.74) is 1.48. The zero-order valence-electron chi connectivity index (χ0n) is 13.3. The van der Waals surface area contributed by atoms with E-state index in [1.165, 1.54) is 37.7 Å². The number of benzene rings is 1. The first-order chi connectivity index (χ1) is 9.83. The lowest BCUT2D eigenvalue weighted by Crippen LogP contribution is -2.34. The molecule has 0 aromatic heterocycles. The molecule has 0 heterocycles. The molecule has 112 valence electrons. The molecule has 0 spiro atoms. The predicted octanol–water partition coefficient (Wildman–Crippen LogP) is 5.29. The Kier molecular flexibility index (Phi) is 9.06. The minimum Gasteiger partial charge on any atom is -0.314 e. The van der Waals surface area contributed by atoms with Crippen molar-refractivity contribution in [3.8, 4) is 0 Å². The first kappa shape index (κ1) is 17.0. The Bertz CT molecular complexity index is 344. The van der Waals surface area contributed by atoms with Crippen molar-refractivity contribution < 1.29 is 0 Å². The van der Waals surface area contributed by atoms with Gasteiger partial charge in [0.1, 0.15) is 0 Å². The highest BCUT2D eigenvalue weighted by Gasteiger charge is 2.20. The molecule has 0 amide bonds. The van der Waals surface area contributed by atoms with Gasteiger partial charge >= 0.3 is 0 Å². The molecule has 0 fully saturated rings. The Morgan fingerprint density at radius 1 is 1.10 bits per heavy atom. The molecule has 1 N–H and O–H groups in total. The molecule has 1 aromatic carbocycles. The number of rotatable bonds is 11. The maximum Gasteiger partial charge on any atom is 0.0136 e. The monoisotopic (exact) mass is 273 g/mol. The molecule has 1 nitrogen and oxygen atoms in total. The zero-order chi connectivity index (χ0) is 14.6. The molecule has 1 rings (SSSR count). The number of nitrogens with one attached hydrogen (secondary N) is 1. The van der Waals surface area contributed by atoms with E-state index in [0.717, 1.165) is 13.0 Å². The van der Waals surface area contributed by atoms with Crippen LogP contribution in [0, 0.1) is 0 Å². The lowest BCUT2D eigenvalue weighted by molar-refractivity contribution is 0.392. The maximum atomic E-state index is 3.79. The second kappa shape index (κ2) is 10.7. The normalized spacial score (nSPS) is 13.9. The second-order valence-electron chi connectivity index (χ2n) is 5.52. The van der Waals surface area contributed by atoms with Crippen molar-refractivity contribution >= 4 is 0 Å². The van der Waals surface area contributed by atoms with Crippen LogP contribution in [-0.4, -0.2) is 12.6 Å². The van der Waals surface area contributed by atoms with Crippen molar-refractivity contribution in [2.45, 2.75) is 64.3 Å². The van der Waals surface area contributed by atoms with Crippen LogP contribution in [0.5, 0.6) is 0 Å². The molecule has 20 heavy (non-hydrogen) atoms. The summed E-state index contributed by atoms with van der Waals surface area (Å²) in [6.07, 6.45) is 9.58. The average Bonchev–Trinajstić information content (AvgIpc) is 2.49. The molecule has 0 bridgehead atoms. The van der Waals surface area contributed by atoms with Gasteiger partial charge in [-0.05, 0) is 43.7 Å². The van der Waals surface area contributed by atoms with E-state index in [-0.39, 0.29) is 0 Å². The molecule has 1 aromatic rings. The molecule has 0 aliphatic rings. The van der Waals surface area contributed by atoms with Crippen LogP contribution in [0.25, 0.3) is 0 Å². The van der Waals surface area contributed by atoms with E-state index in [2.05, 4.69) is 56.1 Å². The van der Waals surface area contributed by atoms with Gasteiger partial charge in [-0.3, -0.25) is 0 Å². The van der Waals surface area contributed by atoms with Crippen LogP contribution in [-0.2, 0) is 0 Å². The average molecular weight is 273 g/mol. The van der Waals surface area contributed by atoms with Crippen molar-refractivity contribution in [2.24, 2.45) is 0 Å². The van der Waals surface area contributed by atoms with E-state index >= 15 is 0 Å². The third-order valence-corrected chi connectivity index (χ3v) is 4.04. The van der Waals surface area contributed by atoms with Crippen molar-refractivity contribution in [3.05, 3.63) is 48.6 Å². The Balaban J connectivity index is 2.55. The summed E-state index contributed by atoms with van der Waals surface area (Å²) in [7, 11) is 0. The van der Waals surface area contributed by atoms with E-state index in [1.807, 2.05) is 6.08 Å². The number of hydrogen-bond acceptors (Lipinski definition) is 1. The lowest BCUT2D eigenvalue weighted by atomic mass is 9.86. The van der Waals surface area contributed by atoms with Gasteiger partial charge in [-0.1, -0.05) is 63.1 Å². The molecule has 0 saturated carbocycles. The number of likely N-dealkylation sites (N-methyl/N-ethyl adjacent to an activating group) is 1. The van der Waals surface area contributed by atoms with Crippen LogP contribution in [0.3, 0.4) is 0 Å².